The molecule has 6 aromatic carbocycles. The van der Waals surface area contributed by atoms with E-state index in [9.17, 15) is 0 Å². The molecule has 0 radical (unpaired) electrons. The molecule has 0 saturated heterocycles. The highest BCUT2D eigenvalue weighted by Crippen LogP contribution is 2.61. The van der Waals surface area contributed by atoms with Crippen molar-refractivity contribution in [3.63, 3.8) is 0 Å². The van der Waals surface area contributed by atoms with Gasteiger partial charge in [0.2, 0.25) is 5.95 Å². The molecule has 0 atom stereocenters. The minimum Gasteiger partial charge on any atom is -0.277 e. The summed E-state index contributed by atoms with van der Waals surface area (Å²) in [5.41, 5.74) is 11.4. The number of aromatic nitrogens is 3. The summed E-state index contributed by atoms with van der Waals surface area (Å²) in [6.45, 7) is 0. The molecule has 1 spiro atoms. The van der Waals surface area contributed by atoms with Crippen LogP contribution < -0.4 is 0 Å². The number of rotatable bonds is 2. The van der Waals surface area contributed by atoms with E-state index in [0.29, 0.717) is 0 Å². The van der Waals surface area contributed by atoms with Crippen molar-refractivity contribution in [2.45, 2.75) is 37.5 Å². The molecular weight excluding hydrogens is 603 g/mol. The molecule has 2 aliphatic rings. The lowest BCUT2D eigenvalue weighted by atomic mass is 9.66. The van der Waals surface area contributed by atoms with Crippen LogP contribution >= 0.6 is 11.3 Å². The van der Waals surface area contributed by atoms with Crippen molar-refractivity contribution in [1.82, 2.24) is 14.5 Å². The van der Waals surface area contributed by atoms with Crippen molar-refractivity contribution in [2.24, 2.45) is 0 Å². The van der Waals surface area contributed by atoms with Gasteiger partial charge < -0.3 is 0 Å². The van der Waals surface area contributed by atoms with Gasteiger partial charge in [0.05, 0.1) is 26.9 Å². The normalized spacial score (nSPS) is 15.2. The lowest BCUT2D eigenvalue weighted by Gasteiger charge is -2.36. The second-order valence-corrected chi connectivity index (χ2v) is 14.6. The number of nitrogens with zero attached hydrogens (tertiary/aromatic N) is 3. The lowest BCUT2D eigenvalue weighted by Crippen LogP contribution is -2.28. The Kier molecular flexibility index (Phi) is 5.48. The monoisotopic (exact) mass is 633 g/mol. The van der Waals surface area contributed by atoms with Crippen LogP contribution in [-0.2, 0) is 5.41 Å². The van der Waals surface area contributed by atoms with E-state index >= 15 is 0 Å². The SMILES string of the molecule is c1ccc(-c2nc(-n3c4ccccc4c4c5c(c6ccccc6c43)-c3ccccc3C53CCCCC3)nc3c2sc2ccccc23)cc1. The minimum absolute atomic E-state index is 0.00494. The van der Waals surface area contributed by atoms with Crippen molar-refractivity contribution in [2.75, 3.05) is 0 Å². The van der Waals surface area contributed by atoms with Crippen LogP contribution in [0.3, 0.4) is 0 Å². The predicted octanol–water partition coefficient (Wildman–Crippen LogP) is 12.0. The van der Waals surface area contributed by atoms with Gasteiger partial charge in [-0.15, -0.1) is 11.3 Å². The average Bonchev–Trinajstić information content (AvgIpc) is 3.79. The van der Waals surface area contributed by atoms with Gasteiger partial charge in [-0.3, -0.25) is 4.57 Å². The quantitative estimate of drug-likeness (QED) is 0.190. The van der Waals surface area contributed by atoms with Gasteiger partial charge >= 0.3 is 0 Å². The van der Waals surface area contributed by atoms with E-state index in [4.69, 9.17) is 9.97 Å². The number of thiophene rings is 1. The summed E-state index contributed by atoms with van der Waals surface area (Å²) in [4.78, 5) is 11.0. The molecule has 0 amide bonds. The van der Waals surface area contributed by atoms with Gasteiger partial charge in [-0.05, 0) is 52.6 Å². The predicted molar refractivity (Wildman–Crippen MR) is 202 cm³/mol. The average molecular weight is 634 g/mol. The first-order valence-corrected chi connectivity index (χ1v) is 18.0. The molecule has 3 heterocycles. The summed E-state index contributed by atoms with van der Waals surface area (Å²) in [5.74, 6) is 0.731. The standard InChI is InChI=1S/C44H31N3S/c1-3-15-27(16-4-1)39-42-40(32-21-9-12-24-35(32)48-42)46-43(45-39)47-34-23-11-8-20-31(34)37-38-36(28-17-5-6-18-29(28)41(37)47)30-19-7-10-22-33(30)44(38)25-13-2-14-26-44/h1,3-12,15-24H,2,13-14,25-26H2. The summed E-state index contributed by atoms with van der Waals surface area (Å²) in [5, 5.41) is 6.42. The van der Waals surface area contributed by atoms with Gasteiger partial charge in [0, 0.05) is 37.2 Å². The van der Waals surface area contributed by atoms with Crippen LogP contribution in [0.1, 0.15) is 43.2 Å². The van der Waals surface area contributed by atoms with Crippen LogP contribution in [0.2, 0.25) is 0 Å². The van der Waals surface area contributed by atoms with E-state index in [1.165, 1.54) is 91.5 Å². The topological polar surface area (TPSA) is 30.7 Å². The van der Waals surface area contributed by atoms with Gasteiger partial charge in [0.25, 0.3) is 0 Å². The Bertz CT molecular complexity index is 2760. The van der Waals surface area contributed by atoms with Gasteiger partial charge in [0.1, 0.15) is 0 Å². The number of hydrogen-bond donors (Lipinski definition) is 0. The Morgan fingerprint density at radius 3 is 2.15 bits per heavy atom. The Balaban J connectivity index is 1.35. The molecule has 1 saturated carbocycles. The van der Waals surface area contributed by atoms with E-state index in [-0.39, 0.29) is 5.41 Å². The van der Waals surface area contributed by atoms with E-state index < -0.39 is 0 Å². The van der Waals surface area contributed by atoms with Gasteiger partial charge in [-0.25, -0.2) is 9.97 Å². The van der Waals surface area contributed by atoms with Gasteiger partial charge in [-0.1, -0.05) is 135 Å². The third-order valence-corrected chi connectivity index (χ3v) is 12.3. The van der Waals surface area contributed by atoms with Crippen molar-refractivity contribution >= 4 is 64.2 Å². The molecule has 0 bridgehead atoms. The Hall–Kier alpha value is -5.32. The third-order valence-electron chi connectivity index (χ3n) is 11.2. The summed E-state index contributed by atoms with van der Waals surface area (Å²) in [6.07, 6.45) is 6.19. The van der Waals surface area contributed by atoms with Crippen LogP contribution in [-0.4, -0.2) is 14.5 Å². The van der Waals surface area contributed by atoms with Crippen LogP contribution in [0.4, 0.5) is 0 Å². The second kappa shape index (κ2) is 9.85. The molecule has 228 valence electrons. The Morgan fingerprint density at radius 2 is 1.29 bits per heavy atom. The van der Waals surface area contributed by atoms with E-state index in [0.717, 1.165) is 32.9 Å². The molecule has 48 heavy (non-hydrogen) atoms. The fourth-order valence-corrected chi connectivity index (χ4v) is 10.4. The van der Waals surface area contributed by atoms with Gasteiger partial charge in [-0.2, -0.15) is 0 Å². The second-order valence-electron chi connectivity index (χ2n) is 13.6. The first-order chi connectivity index (χ1) is 23.8. The zero-order valence-electron chi connectivity index (χ0n) is 26.4. The highest BCUT2D eigenvalue weighted by molar-refractivity contribution is 7.26. The van der Waals surface area contributed by atoms with Crippen molar-refractivity contribution in [3.05, 3.63) is 139 Å². The van der Waals surface area contributed by atoms with E-state index in [1.807, 2.05) is 0 Å². The maximum atomic E-state index is 5.52. The third kappa shape index (κ3) is 3.43. The number of hydrogen-bond acceptors (Lipinski definition) is 3. The fraction of sp³-hybridized carbons (Fsp3) is 0.136. The highest BCUT2D eigenvalue weighted by Gasteiger charge is 2.46. The molecule has 0 unspecified atom stereocenters. The first kappa shape index (κ1) is 26.7. The van der Waals surface area contributed by atoms with Crippen molar-refractivity contribution < 1.29 is 0 Å². The van der Waals surface area contributed by atoms with Crippen LogP contribution in [0, 0.1) is 0 Å². The Labute approximate surface area is 282 Å². The molecule has 4 heteroatoms. The minimum atomic E-state index is 0.00494. The zero-order valence-corrected chi connectivity index (χ0v) is 27.2. The van der Waals surface area contributed by atoms with Crippen molar-refractivity contribution in [1.29, 1.82) is 0 Å². The molecule has 11 rings (SSSR count). The zero-order chi connectivity index (χ0) is 31.4. The van der Waals surface area contributed by atoms with Crippen LogP contribution in [0.5, 0.6) is 0 Å². The Morgan fingerprint density at radius 1 is 0.604 bits per heavy atom. The number of fused-ring (bicyclic) bond motifs is 15. The number of benzene rings is 6. The first-order valence-electron chi connectivity index (χ1n) is 17.2. The largest absolute Gasteiger partial charge is 0.277 e. The summed E-state index contributed by atoms with van der Waals surface area (Å²) in [7, 11) is 0. The maximum Gasteiger partial charge on any atom is 0.235 e. The van der Waals surface area contributed by atoms with E-state index in [1.54, 1.807) is 11.3 Å². The smallest absolute Gasteiger partial charge is 0.235 e. The molecular formula is C44H31N3S. The fourth-order valence-electron chi connectivity index (χ4n) is 9.28. The molecule has 0 N–H and O–H groups in total. The molecule has 3 aromatic heterocycles. The molecule has 9 aromatic rings. The van der Waals surface area contributed by atoms with Crippen molar-refractivity contribution in [3.8, 4) is 28.3 Å². The van der Waals surface area contributed by atoms with Crippen LogP contribution in [0.25, 0.3) is 81.2 Å². The molecule has 0 aliphatic heterocycles. The summed E-state index contributed by atoms with van der Waals surface area (Å²) >= 11 is 1.79. The van der Waals surface area contributed by atoms with Gasteiger partial charge in [0.15, 0.2) is 0 Å². The molecule has 2 aliphatic carbocycles. The molecule has 1 fully saturated rings. The summed E-state index contributed by atoms with van der Waals surface area (Å²) < 4.78 is 4.76. The number of para-hydroxylation sites is 1. The van der Waals surface area contributed by atoms with E-state index in [2.05, 4.69) is 132 Å². The van der Waals surface area contributed by atoms with Crippen LogP contribution in [0.15, 0.2) is 127 Å². The highest BCUT2D eigenvalue weighted by atomic mass is 32.1. The molecule has 3 nitrogen and oxygen atoms in total. The summed E-state index contributed by atoms with van der Waals surface area (Å²) in [6, 6.07) is 46.6. The maximum absolute atomic E-state index is 5.52. The lowest BCUT2D eigenvalue weighted by molar-refractivity contribution is 0.355.